The Bertz CT molecular complexity index is 789. The molecule has 0 aromatic carbocycles. The van der Waals surface area contributed by atoms with Crippen LogP contribution in [0.5, 0.6) is 0 Å². The molecule has 0 saturated heterocycles. The Hall–Kier alpha value is -2.96. The maximum atomic E-state index is 9.40. The number of aliphatic hydroxyl groups excluding tert-OH is 1. The number of allylic oxidation sites excluding steroid dienone is 7. The Morgan fingerprint density at radius 2 is 2.20 bits per heavy atom. The van der Waals surface area contributed by atoms with E-state index in [0.29, 0.717) is 6.42 Å². The van der Waals surface area contributed by atoms with Crippen LogP contribution in [0, 0.1) is 28.6 Å². The topological polar surface area (TPSA) is 102 Å². The number of nitriles is 2. The average molecular weight is 409 g/mol. The van der Waals surface area contributed by atoms with Gasteiger partial charge in [-0.3, -0.25) is 4.99 Å². The summed E-state index contributed by atoms with van der Waals surface area (Å²) in [6.07, 6.45) is 16.9. The van der Waals surface area contributed by atoms with Crippen LogP contribution in [0.2, 0.25) is 0 Å². The van der Waals surface area contributed by atoms with E-state index in [1.165, 1.54) is 0 Å². The van der Waals surface area contributed by atoms with Crippen molar-refractivity contribution in [1.29, 1.82) is 10.5 Å². The highest BCUT2D eigenvalue weighted by Crippen LogP contribution is 2.24. The van der Waals surface area contributed by atoms with Gasteiger partial charge < -0.3 is 9.94 Å². The van der Waals surface area contributed by atoms with Crippen molar-refractivity contribution < 1.29 is 9.94 Å². The molecule has 0 aliphatic carbocycles. The van der Waals surface area contributed by atoms with Crippen molar-refractivity contribution in [3.8, 4) is 12.1 Å². The van der Waals surface area contributed by atoms with E-state index in [9.17, 15) is 10.4 Å². The van der Waals surface area contributed by atoms with Crippen LogP contribution in [0.15, 0.2) is 57.9 Å². The summed E-state index contributed by atoms with van der Waals surface area (Å²) in [6, 6.07) is 4.24. The second-order valence-electron chi connectivity index (χ2n) is 7.21. The Morgan fingerprint density at radius 3 is 2.87 bits per heavy atom. The SMILES string of the molecule is C/C=C/C=C(\C=C(/C)N=CCCCCC(C)O)C1=NOC([C@H](C#N)/C=C/CC#N)C1. The minimum Gasteiger partial charge on any atom is -0.393 e. The number of oxime groups is 1. The van der Waals surface area contributed by atoms with E-state index in [1.54, 1.807) is 19.1 Å². The Labute approximate surface area is 180 Å². The lowest BCUT2D eigenvalue weighted by Crippen LogP contribution is -2.18. The molecule has 0 aromatic heterocycles. The quantitative estimate of drug-likeness (QED) is 0.208. The first-order chi connectivity index (χ1) is 14.5. The fourth-order valence-electron chi connectivity index (χ4n) is 2.85. The van der Waals surface area contributed by atoms with Gasteiger partial charge in [0, 0.05) is 23.9 Å². The van der Waals surface area contributed by atoms with Crippen LogP contribution in [0.4, 0.5) is 0 Å². The zero-order valence-electron chi connectivity index (χ0n) is 18.2. The molecule has 1 rings (SSSR count). The van der Waals surface area contributed by atoms with Crippen LogP contribution in [0.3, 0.4) is 0 Å². The fourth-order valence-corrected chi connectivity index (χ4v) is 2.85. The molecule has 2 unspecified atom stereocenters. The van der Waals surface area contributed by atoms with Gasteiger partial charge in [0.05, 0.1) is 30.4 Å². The van der Waals surface area contributed by atoms with Crippen molar-refractivity contribution in [1.82, 2.24) is 0 Å². The predicted octanol–water partition coefficient (Wildman–Crippen LogP) is 5.16. The van der Waals surface area contributed by atoms with Crippen molar-refractivity contribution in [3.63, 3.8) is 0 Å². The van der Waals surface area contributed by atoms with Crippen molar-refractivity contribution in [2.24, 2.45) is 16.1 Å². The highest BCUT2D eigenvalue weighted by atomic mass is 16.6. The van der Waals surface area contributed by atoms with Gasteiger partial charge in [-0.25, -0.2) is 0 Å². The highest BCUT2D eigenvalue weighted by molar-refractivity contribution is 6.03. The summed E-state index contributed by atoms with van der Waals surface area (Å²) in [7, 11) is 0. The van der Waals surface area contributed by atoms with E-state index in [4.69, 9.17) is 10.1 Å². The molecule has 3 atom stereocenters. The fraction of sp³-hybridized carbons (Fsp3) is 0.500. The van der Waals surface area contributed by atoms with Crippen LogP contribution in [-0.2, 0) is 4.84 Å². The first kappa shape index (κ1) is 25.1. The molecule has 0 aromatic rings. The Kier molecular flexibility index (Phi) is 12.5. The molecule has 6 nitrogen and oxygen atoms in total. The Balaban J connectivity index is 2.75. The summed E-state index contributed by atoms with van der Waals surface area (Å²) in [5.41, 5.74) is 2.54. The Morgan fingerprint density at radius 1 is 1.40 bits per heavy atom. The van der Waals surface area contributed by atoms with E-state index in [0.717, 1.165) is 42.7 Å². The molecular weight excluding hydrogens is 376 g/mol. The molecule has 160 valence electrons. The van der Waals surface area contributed by atoms with Gasteiger partial charge >= 0.3 is 0 Å². The van der Waals surface area contributed by atoms with E-state index in [2.05, 4.69) is 16.2 Å². The highest BCUT2D eigenvalue weighted by Gasteiger charge is 2.29. The molecule has 0 fully saturated rings. The third kappa shape index (κ3) is 10.0. The second-order valence-corrected chi connectivity index (χ2v) is 7.21. The average Bonchev–Trinajstić information content (AvgIpc) is 3.20. The zero-order chi connectivity index (χ0) is 22.2. The summed E-state index contributed by atoms with van der Waals surface area (Å²) < 4.78 is 0. The predicted molar refractivity (Wildman–Crippen MR) is 121 cm³/mol. The maximum absolute atomic E-state index is 9.40. The minimum absolute atomic E-state index is 0.247. The molecule has 0 saturated carbocycles. The summed E-state index contributed by atoms with van der Waals surface area (Å²) in [6.45, 7) is 5.69. The van der Waals surface area contributed by atoms with Crippen molar-refractivity contribution >= 4 is 11.9 Å². The number of hydrogen-bond acceptors (Lipinski definition) is 6. The number of aliphatic hydroxyl groups is 1. The molecule has 1 heterocycles. The molecule has 0 amide bonds. The van der Waals surface area contributed by atoms with Crippen LogP contribution in [-0.4, -0.2) is 29.2 Å². The molecule has 0 spiro atoms. The van der Waals surface area contributed by atoms with Gasteiger partial charge in [0.2, 0.25) is 0 Å². The number of hydrogen-bond donors (Lipinski definition) is 1. The van der Waals surface area contributed by atoms with E-state index >= 15 is 0 Å². The first-order valence-corrected chi connectivity index (χ1v) is 10.4. The monoisotopic (exact) mass is 408 g/mol. The van der Waals surface area contributed by atoms with E-state index in [1.807, 2.05) is 50.4 Å². The molecule has 1 aliphatic heterocycles. The lowest BCUT2D eigenvalue weighted by atomic mass is 9.95. The second kappa shape index (κ2) is 15.0. The van der Waals surface area contributed by atoms with Gasteiger partial charge in [0.25, 0.3) is 0 Å². The maximum Gasteiger partial charge on any atom is 0.152 e. The summed E-state index contributed by atoms with van der Waals surface area (Å²) >= 11 is 0. The number of rotatable bonds is 12. The van der Waals surface area contributed by atoms with Crippen molar-refractivity contribution in [2.75, 3.05) is 0 Å². The van der Waals surface area contributed by atoms with Gasteiger partial charge in [0.15, 0.2) is 6.10 Å². The smallest absolute Gasteiger partial charge is 0.152 e. The van der Waals surface area contributed by atoms with Crippen LogP contribution < -0.4 is 0 Å². The van der Waals surface area contributed by atoms with Crippen molar-refractivity contribution in [3.05, 3.63) is 47.7 Å². The first-order valence-electron chi connectivity index (χ1n) is 10.4. The lowest BCUT2D eigenvalue weighted by Gasteiger charge is -2.10. The molecule has 1 N–H and O–H groups in total. The van der Waals surface area contributed by atoms with Crippen LogP contribution >= 0.6 is 0 Å². The third-order valence-corrected chi connectivity index (χ3v) is 4.46. The minimum atomic E-state index is -0.452. The summed E-state index contributed by atoms with van der Waals surface area (Å²) in [4.78, 5) is 10.0. The van der Waals surface area contributed by atoms with Gasteiger partial charge in [0.1, 0.15) is 5.92 Å². The van der Waals surface area contributed by atoms with Crippen LogP contribution in [0.1, 0.15) is 59.3 Å². The standard InChI is InChI=1S/C24H32N4O2/c1-4-5-12-21(16-19(2)27-15-10-6-7-11-20(3)29)23-17-24(30-28-23)22(18-26)13-8-9-14-25/h4-5,8,12-13,15-16,20,22,24,29H,6-7,9-11,17H2,1-3H3/b5-4+,13-8+,19-16+,21-12+,27-15?/t20?,22-,24?/m0/s1. The summed E-state index contributed by atoms with van der Waals surface area (Å²) in [5.74, 6) is -0.452. The molecule has 0 radical (unpaired) electrons. The zero-order valence-corrected chi connectivity index (χ0v) is 18.2. The third-order valence-electron chi connectivity index (χ3n) is 4.46. The summed E-state index contributed by atoms with van der Waals surface area (Å²) in [5, 5.41) is 31.5. The molecule has 1 aliphatic rings. The van der Waals surface area contributed by atoms with E-state index < -0.39 is 5.92 Å². The molecular formula is C24H32N4O2. The van der Waals surface area contributed by atoms with Gasteiger partial charge in [-0.15, -0.1) is 0 Å². The van der Waals surface area contributed by atoms with Crippen molar-refractivity contribution in [2.45, 2.75) is 71.5 Å². The van der Waals surface area contributed by atoms with Gasteiger partial charge in [-0.1, -0.05) is 42.0 Å². The number of nitrogens with zero attached hydrogens (tertiary/aromatic N) is 4. The molecule has 30 heavy (non-hydrogen) atoms. The molecule has 0 bridgehead atoms. The van der Waals surface area contributed by atoms with E-state index in [-0.39, 0.29) is 18.6 Å². The number of unbranched alkanes of at least 4 members (excludes halogenated alkanes) is 2. The van der Waals surface area contributed by atoms with Gasteiger partial charge in [-0.2, -0.15) is 10.5 Å². The van der Waals surface area contributed by atoms with Crippen LogP contribution in [0.25, 0.3) is 0 Å². The normalized spacial score (nSPS) is 19.7. The molecule has 6 heteroatoms. The van der Waals surface area contributed by atoms with Gasteiger partial charge in [-0.05, 0) is 46.1 Å². The lowest BCUT2D eigenvalue weighted by molar-refractivity contribution is 0.0695. The largest absolute Gasteiger partial charge is 0.393 e. The number of aliphatic imine (C=N–C) groups is 1.